The lowest BCUT2D eigenvalue weighted by Gasteiger charge is -2.36. The topological polar surface area (TPSA) is 49.6 Å². The van der Waals surface area contributed by atoms with Crippen LogP contribution in [0.4, 0.5) is 0 Å². The van der Waals surface area contributed by atoms with E-state index in [0.29, 0.717) is 30.4 Å². The molecule has 1 rings (SSSR count). The van der Waals surface area contributed by atoms with Crippen molar-refractivity contribution < 1.29 is 4.79 Å². The molecule has 1 amide bonds. The van der Waals surface area contributed by atoms with Gasteiger partial charge in [0.2, 0.25) is 5.91 Å². The SMILES string of the molecule is CC1CCN(CCC(=O)N(C)CCC(N)=S)C(C)C1. The van der Waals surface area contributed by atoms with Gasteiger partial charge in [-0.3, -0.25) is 4.79 Å². The van der Waals surface area contributed by atoms with Gasteiger partial charge in [0.05, 0.1) is 4.99 Å². The Morgan fingerprint density at radius 1 is 1.42 bits per heavy atom. The lowest BCUT2D eigenvalue weighted by molar-refractivity contribution is -0.130. The van der Waals surface area contributed by atoms with E-state index >= 15 is 0 Å². The first-order valence-electron chi connectivity index (χ1n) is 7.16. The Hall–Kier alpha value is -0.680. The third-order valence-corrected chi connectivity index (χ3v) is 4.21. The molecule has 0 spiro atoms. The van der Waals surface area contributed by atoms with Gasteiger partial charge in [-0.1, -0.05) is 19.1 Å². The van der Waals surface area contributed by atoms with Crippen molar-refractivity contribution in [2.75, 3.05) is 26.7 Å². The summed E-state index contributed by atoms with van der Waals surface area (Å²) in [7, 11) is 1.82. The summed E-state index contributed by atoms with van der Waals surface area (Å²) in [6.07, 6.45) is 3.68. The van der Waals surface area contributed by atoms with Crippen LogP contribution >= 0.6 is 12.2 Å². The summed E-state index contributed by atoms with van der Waals surface area (Å²) in [5, 5.41) is 0. The van der Waals surface area contributed by atoms with Crippen LogP contribution in [0.5, 0.6) is 0 Å². The predicted molar refractivity (Wildman–Crippen MR) is 83.1 cm³/mol. The lowest BCUT2D eigenvalue weighted by Crippen LogP contribution is -2.42. The largest absolute Gasteiger partial charge is 0.393 e. The maximum atomic E-state index is 12.0. The highest BCUT2D eigenvalue weighted by Crippen LogP contribution is 2.22. The van der Waals surface area contributed by atoms with E-state index in [1.54, 1.807) is 4.90 Å². The molecular formula is C14H27N3OS. The number of nitrogens with two attached hydrogens (primary N) is 1. The molecule has 0 aromatic carbocycles. The highest BCUT2D eigenvalue weighted by atomic mass is 32.1. The molecule has 4 nitrogen and oxygen atoms in total. The number of thiocarbonyl (C=S) groups is 1. The number of piperidine rings is 1. The Labute approximate surface area is 122 Å². The normalized spacial score (nSPS) is 24.2. The molecule has 2 unspecified atom stereocenters. The van der Waals surface area contributed by atoms with Crippen LogP contribution in [0.2, 0.25) is 0 Å². The fourth-order valence-corrected chi connectivity index (χ4v) is 2.71. The van der Waals surface area contributed by atoms with Gasteiger partial charge < -0.3 is 15.5 Å². The minimum Gasteiger partial charge on any atom is -0.393 e. The van der Waals surface area contributed by atoms with Crippen molar-refractivity contribution in [3.63, 3.8) is 0 Å². The first-order valence-corrected chi connectivity index (χ1v) is 7.57. The van der Waals surface area contributed by atoms with Gasteiger partial charge in [-0.15, -0.1) is 0 Å². The van der Waals surface area contributed by atoms with Gasteiger partial charge in [-0.25, -0.2) is 0 Å². The molecule has 0 saturated carbocycles. The zero-order valence-electron chi connectivity index (χ0n) is 12.4. The molecule has 0 radical (unpaired) electrons. The van der Waals surface area contributed by atoms with Crippen LogP contribution in [0, 0.1) is 5.92 Å². The first-order chi connectivity index (χ1) is 8.90. The van der Waals surface area contributed by atoms with E-state index in [4.69, 9.17) is 18.0 Å². The summed E-state index contributed by atoms with van der Waals surface area (Å²) in [4.78, 5) is 16.6. The monoisotopic (exact) mass is 285 g/mol. The second-order valence-corrected chi connectivity index (χ2v) is 6.32. The molecule has 0 aromatic rings. The predicted octanol–water partition coefficient (Wildman–Crippen LogP) is 1.63. The van der Waals surface area contributed by atoms with E-state index in [-0.39, 0.29) is 5.91 Å². The summed E-state index contributed by atoms with van der Waals surface area (Å²) in [6.45, 7) is 7.18. The zero-order chi connectivity index (χ0) is 14.4. The van der Waals surface area contributed by atoms with Crippen LogP contribution in [-0.2, 0) is 4.79 Å². The van der Waals surface area contributed by atoms with Gasteiger partial charge in [0.15, 0.2) is 0 Å². The van der Waals surface area contributed by atoms with Crippen molar-refractivity contribution in [3.8, 4) is 0 Å². The van der Waals surface area contributed by atoms with Gasteiger partial charge in [0, 0.05) is 39.0 Å². The summed E-state index contributed by atoms with van der Waals surface area (Å²) >= 11 is 4.83. The van der Waals surface area contributed by atoms with Gasteiger partial charge in [0.25, 0.3) is 0 Å². The van der Waals surface area contributed by atoms with Crippen molar-refractivity contribution >= 4 is 23.1 Å². The number of nitrogens with zero attached hydrogens (tertiary/aromatic N) is 2. The standard InChI is InChI=1S/C14H27N3OS/c1-11-4-8-17(12(2)10-11)9-6-14(18)16(3)7-5-13(15)19/h11-12H,4-10H2,1-3H3,(H2,15,19). The second kappa shape index (κ2) is 7.80. The molecule has 0 aromatic heterocycles. The van der Waals surface area contributed by atoms with Crippen molar-refractivity contribution in [2.24, 2.45) is 11.7 Å². The minimum atomic E-state index is 0.182. The van der Waals surface area contributed by atoms with Crippen molar-refractivity contribution in [1.29, 1.82) is 0 Å². The number of rotatable bonds is 6. The molecule has 19 heavy (non-hydrogen) atoms. The molecule has 0 bridgehead atoms. The van der Waals surface area contributed by atoms with E-state index in [1.165, 1.54) is 12.8 Å². The third-order valence-electron chi connectivity index (χ3n) is 4.01. The molecular weight excluding hydrogens is 258 g/mol. The van der Waals surface area contributed by atoms with Crippen LogP contribution in [0.3, 0.4) is 0 Å². The smallest absolute Gasteiger partial charge is 0.223 e. The highest BCUT2D eigenvalue weighted by Gasteiger charge is 2.23. The number of likely N-dealkylation sites (tertiary alicyclic amines) is 1. The Kier molecular flexibility index (Phi) is 6.72. The van der Waals surface area contributed by atoms with Crippen LogP contribution in [0.15, 0.2) is 0 Å². The van der Waals surface area contributed by atoms with E-state index in [9.17, 15) is 4.79 Å². The van der Waals surface area contributed by atoms with E-state index in [0.717, 1.165) is 19.0 Å². The number of hydrogen-bond acceptors (Lipinski definition) is 3. The average molecular weight is 285 g/mol. The van der Waals surface area contributed by atoms with E-state index in [1.807, 2.05) is 7.05 Å². The van der Waals surface area contributed by atoms with Crippen LogP contribution < -0.4 is 5.73 Å². The first kappa shape index (κ1) is 16.4. The van der Waals surface area contributed by atoms with E-state index < -0.39 is 0 Å². The molecule has 1 heterocycles. The van der Waals surface area contributed by atoms with Crippen LogP contribution in [0.25, 0.3) is 0 Å². The van der Waals surface area contributed by atoms with Gasteiger partial charge >= 0.3 is 0 Å². The van der Waals surface area contributed by atoms with Gasteiger partial charge in [-0.2, -0.15) is 0 Å². The van der Waals surface area contributed by atoms with Crippen molar-refractivity contribution in [2.45, 2.75) is 45.6 Å². The summed E-state index contributed by atoms with van der Waals surface area (Å²) in [6, 6.07) is 0.596. The van der Waals surface area contributed by atoms with Crippen LogP contribution in [-0.4, -0.2) is 53.4 Å². The van der Waals surface area contributed by atoms with Crippen LogP contribution in [0.1, 0.15) is 39.5 Å². The van der Waals surface area contributed by atoms with Gasteiger partial charge in [-0.05, 0) is 32.2 Å². The fraction of sp³-hybridized carbons (Fsp3) is 0.857. The average Bonchev–Trinajstić information content (AvgIpc) is 2.34. The molecule has 1 fully saturated rings. The zero-order valence-corrected chi connectivity index (χ0v) is 13.2. The Balaban J connectivity index is 2.27. The van der Waals surface area contributed by atoms with Crippen molar-refractivity contribution in [1.82, 2.24) is 9.80 Å². The highest BCUT2D eigenvalue weighted by molar-refractivity contribution is 7.80. The number of amides is 1. The minimum absolute atomic E-state index is 0.182. The summed E-state index contributed by atoms with van der Waals surface area (Å²) in [5.74, 6) is 0.997. The fourth-order valence-electron chi connectivity index (χ4n) is 2.62. The molecule has 1 aliphatic rings. The lowest BCUT2D eigenvalue weighted by atomic mass is 9.93. The maximum absolute atomic E-state index is 12.0. The molecule has 1 aliphatic heterocycles. The third kappa shape index (κ3) is 5.87. The number of carbonyl (C=O) groups excluding carboxylic acids is 1. The molecule has 0 aliphatic carbocycles. The molecule has 110 valence electrons. The molecule has 1 saturated heterocycles. The summed E-state index contributed by atoms with van der Waals surface area (Å²) in [5.41, 5.74) is 5.45. The maximum Gasteiger partial charge on any atom is 0.223 e. The Morgan fingerprint density at radius 2 is 2.11 bits per heavy atom. The Bertz CT molecular complexity index is 322. The number of carbonyl (C=O) groups is 1. The second-order valence-electron chi connectivity index (χ2n) is 5.80. The van der Waals surface area contributed by atoms with Gasteiger partial charge in [0.1, 0.15) is 0 Å². The molecule has 2 N–H and O–H groups in total. The quantitative estimate of drug-likeness (QED) is 0.754. The number of hydrogen-bond donors (Lipinski definition) is 1. The summed E-state index contributed by atoms with van der Waals surface area (Å²) < 4.78 is 0. The molecule has 5 heteroatoms. The van der Waals surface area contributed by atoms with Crippen molar-refractivity contribution in [3.05, 3.63) is 0 Å². The van der Waals surface area contributed by atoms with E-state index in [2.05, 4.69) is 18.7 Å². The molecule has 2 atom stereocenters. The Morgan fingerprint density at radius 3 is 2.68 bits per heavy atom.